The van der Waals surface area contributed by atoms with E-state index in [0.29, 0.717) is 0 Å². The van der Waals surface area contributed by atoms with Crippen LogP contribution in [0, 0.1) is 0 Å². The van der Waals surface area contributed by atoms with Gasteiger partial charge in [0.15, 0.2) is 0 Å². The summed E-state index contributed by atoms with van der Waals surface area (Å²) in [6, 6.07) is 11.9. The normalized spacial score (nSPS) is 13.1. The van der Waals surface area contributed by atoms with E-state index < -0.39 is 0 Å². The molecule has 20 heavy (non-hydrogen) atoms. The molecule has 3 heteroatoms. The van der Waals surface area contributed by atoms with Crippen molar-refractivity contribution >= 4 is 0 Å². The first kappa shape index (κ1) is 14.5. The highest BCUT2D eigenvalue weighted by Gasteiger charge is 2.13. The number of rotatable bonds is 3. The first-order chi connectivity index (χ1) is 9.36. The highest BCUT2D eigenvalue weighted by molar-refractivity contribution is 5.34. The molecule has 1 atom stereocenters. The fourth-order valence-electron chi connectivity index (χ4n) is 1.88. The lowest BCUT2D eigenvalue weighted by Crippen LogP contribution is -2.10. The average molecular weight is 270 g/mol. The Balaban J connectivity index is 2.10. The Morgan fingerprint density at radius 1 is 1.00 bits per heavy atom. The van der Waals surface area contributed by atoms with Gasteiger partial charge in [0.2, 0.25) is 0 Å². The Hall–Kier alpha value is -1.87. The molecular formula is C17H22N2O. The van der Waals surface area contributed by atoms with Crippen molar-refractivity contribution in [3.8, 4) is 11.5 Å². The second-order valence-electron chi connectivity index (χ2n) is 6.08. The standard InChI is InChI=1S/C17H22N2O/c1-12(18)16-10-9-15(11-19-16)20-14-7-5-13(6-8-14)17(2,3)4/h5-12H,18H2,1-4H3/t12-/m0/s1. The molecule has 0 unspecified atom stereocenters. The zero-order valence-electron chi connectivity index (χ0n) is 12.6. The lowest BCUT2D eigenvalue weighted by molar-refractivity contribution is 0.478. The Morgan fingerprint density at radius 2 is 1.60 bits per heavy atom. The first-order valence-electron chi connectivity index (χ1n) is 6.86. The van der Waals surface area contributed by atoms with Crippen LogP contribution < -0.4 is 10.5 Å². The molecule has 0 amide bonds. The van der Waals surface area contributed by atoms with Crippen LogP contribution in [0.5, 0.6) is 11.5 Å². The molecule has 3 nitrogen and oxygen atoms in total. The van der Waals surface area contributed by atoms with Gasteiger partial charge in [-0.05, 0) is 42.2 Å². The number of aromatic nitrogens is 1. The number of nitrogens with two attached hydrogens (primary N) is 1. The van der Waals surface area contributed by atoms with Crippen molar-refractivity contribution < 1.29 is 4.74 Å². The van der Waals surface area contributed by atoms with Gasteiger partial charge < -0.3 is 10.5 Å². The highest BCUT2D eigenvalue weighted by Crippen LogP contribution is 2.26. The van der Waals surface area contributed by atoms with Gasteiger partial charge in [0, 0.05) is 6.04 Å². The van der Waals surface area contributed by atoms with Crippen LogP contribution in [0.15, 0.2) is 42.6 Å². The summed E-state index contributed by atoms with van der Waals surface area (Å²) in [4.78, 5) is 4.28. The number of pyridine rings is 1. The van der Waals surface area contributed by atoms with E-state index >= 15 is 0 Å². The van der Waals surface area contributed by atoms with Gasteiger partial charge >= 0.3 is 0 Å². The molecule has 2 N–H and O–H groups in total. The molecule has 1 aromatic carbocycles. The maximum absolute atomic E-state index is 5.78. The van der Waals surface area contributed by atoms with Crippen molar-refractivity contribution in [1.82, 2.24) is 4.98 Å². The topological polar surface area (TPSA) is 48.1 Å². The number of nitrogens with zero attached hydrogens (tertiary/aromatic N) is 1. The fraction of sp³-hybridized carbons (Fsp3) is 0.353. The van der Waals surface area contributed by atoms with Crippen LogP contribution in [0.25, 0.3) is 0 Å². The monoisotopic (exact) mass is 270 g/mol. The molecule has 0 saturated heterocycles. The Labute approximate surface area is 120 Å². The quantitative estimate of drug-likeness (QED) is 0.909. The summed E-state index contributed by atoms with van der Waals surface area (Å²) < 4.78 is 5.78. The van der Waals surface area contributed by atoms with Crippen molar-refractivity contribution in [3.05, 3.63) is 53.9 Å². The van der Waals surface area contributed by atoms with E-state index in [9.17, 15) is 0 Å². The molecule has 0 spiro atoms. The zero-order valence-corrected chi connectivity index (χ0v) is 12.6. The average Bonchev–Trinajstić information content (AvgIpc) is 2.39. The minimum absolute atomic E-state index is 0.0601. The Kier molecular flexibility index (Phi) is 4.09. The van der Waals surface area contributed by atoms with Crippen LogP contribution >= 0.6 is 0 Å². The zero-order chi connectivity index (χ0) is 14.8. The van der Waals surface area contributed by atoms with E-state index in [-0.39, 0.29) is 11.5 Å². The maximum Gasteiger partial charge on any atom is 0.145 e. The van der Waals surface area contributed by atoms with Crippen molar-refractivity contribution in [3.63, 3.8) is 0 Å². The molecule has 2 aromatic rings. The molecule has 1 heterocycles. The van der Waals surface area contributed by atoms with Gasteiger partial charge in [-0.25, -0.2) is 0 Å². The molecule has 0 aliphatic heterocycles. The number of hydrogen-bond acceptors (Lipinski definition) is 3. The van der Waals surface area contributed by atoms with Crippen LogP contribution in [-0.4, -0.2) is 4.98 Å². The Bertz CT molecular complexity index is 551. The van der Waals surface area contributed by atoms with Gasteiger partial charge in [-0.1, -0.05) is 32.9 Å². The summed E-state index contributed by atoms with van der Waals surface area (Å²) in [5.74, 6) is 1.53. The molecule has 0 fully saturated rings. The van der Waals surface area contributed by atoms with Gasteiger partial charge in [-0.15, -0.1) is 0 Å². The lowest BCUT2D eigenvalue weighted by Gasteiger charge is -2.19. The predicted molar refractivity (Wildman–Crippen MR) is 82.1 cm³/mol. The second-order valence-corrected chi connectivity index (χ2v) is 6.08. The van der Waals surface area contributed by atoms with E-state index in [2.05, 4.69) is 37.9 Å². The maximum atomic E-state index is 5.78. The van der Waals surface area contributed by atoms with Gasteiger partial charge in [0.25, 0.3) is 0 Å². The SMILES string of the molecule is C[C@H](N)c1ccc(Oc2ccc(C(C)(C)C)cc2)cn1. The van der Waals surface area contributed by atoms with Gasteiger partial charge in [-0.2, -0.15) is 0 Å². The van der Waals surface area contributed by atoms with E-state index in [0.717, 1.165) is 17.2 Å². The van der Waals surface area contributed by atoms with Crippen molar-refractivity contribution in [2.24, 2.45) is 5.73 Å². The smallest absolute Gasteiger partial charge is 0.145 e. The van der Waals surface area contributed by atoms with Crippen LogP contribution in [0.1, 0.15) is 45.0 Å². The van der Waals surface area contributed by atoms with Crippen molar-refractivity contribution in [2.75, 3.05) is 0 Å². The largest absolute Gasteiger partial charge is 0.456 e. The van der Waals surface area contributed by atoms with E-state index in [1.54, 1.807) is 6.20 Å². The van der Waals surface area contributed by atoms with Gasteiger partial charge in [-0.3, -0.25) is 4.98 Å². The van der Waals surface area contributed by atoms with Crippen LogP contribution in [0.3, 0.4) is 0 Å². The van der Waals surface area contributed by atoms with Crippen LogP contribution in [0.4, 0.5) is 0 Å². The first-order valence-corrected chi connectivity index (χ1v) is 6.86. The summed E-state index contributed by atoms with van der Waals surface area (Å²) >= 11 is 0. The summed E-state index contributed by atoms with van der Waals surface area (Å²) in [6.45, 7) is 8.49. The third-order valence-electron chi connectivity index (χ3n) is 3.18. The number of ether oxygens (including phenoxy) is 1. The molecule has 0 bridgehead atoms. The lowest BCUT2D eigenvalue weighted by atomic mass is 9.87. The minimum Gasteiger partial charge on any atom is -0.456 e. The van der Waals surface area contributed by atoms with E-state index in [1.807, 2.05) is 31.2 Å². The molecule has 106 valence electrons. The summed E-state index contributed by atoms with van der Waals surface area (Å²) in [6.07, 6.45) is 1.70. The highest BCUT2D eigenvalue weighted by atomic mass is 16.5. The van der Waals surface area contributed by atoms with Crippen LogP contribution in [-0.2, 0) is 5.41 Å². The summed E-state index contributed by atoms with van der Waals surface area (Å²) in [5, 5.41) is 0. The molecule has 2 rings (SSSR count). The fourth-order valence-corrected chi connectivity index (χ4v) is 1.88. The summed E-state index contributed by atoms with van der Waals surface area (Å²) in [5.41, 5.74) is 8.07. The third kappa shape index (κ3) is 3.58. The molecule has 0 radical (unpaired) electrons. The summed E-state index contributed by atoms with van der Waals surface area (Å²) in [7, 11) is 0. The molecule has 0 aliphatic carbocycles. The third-order valence-corrected chi connectivity index (χ3v) is 3.18. The second kappa shape index (κ2) is 5.63. The molecule has 0 saturated carbocycles. The van der Waals surface area contributed by atoms with Gasteiger partial charge in [0.1, 0.15) is 11.5 Å². The molecular weight excluding hydrogens is 248 g/mol. The minimum atomic E-state index is -0.0601. The van der Waals surface area contributed by atoms with Crippen molar-refractivity contribution in [1.29, 1.82) is 0 Å². The van der Waals surface area contributed by atoms with Crippen LogP contribution in [0.2, 0.25) is 0 Å². The molecule has 0 aliphatic rings. The molecule has 1 aromatic heterocycles. The predicted octanol–water partition coefficient (Wildman–Crippen LogP) is 4.19. The van der Waals surface area contributed by atoms with Crippen molar-refractivity contribution in [2.45, 2.75) is 39.2 Å². The number of hydrogen-bond donors (Lipinski definition) is 1. The number of benzene rings is 1. The van der Waals surface area contributed by atoms with Gasteiger partial charge in [0.05, 0.1) is 11.9 Å². The van der Waals surface area contributed by atoms with E-state index in [1.165, 1.54) is 5.56 Å². The van der Waals surface area contributed by atoms with E-state index in [4.69, 9.17) is 10.5 Å². The Morgan fingerprint density at radius 3 is 2.05 bits per heavy atom.